The molecule has 2 aromatic rings. The number of fused-ring (bicyclic) bond motifs is 1. The lowest BCUT2D eigenvalue weighted by Crippen LogP contribution is -2.34. The molecule has 0 atom stereocenters. The second-order valence-electron chi connectivity index (χ2n) is 5.62. The number of aromatic nitrogens is 1. The van der Waals surface area contributed by atoms with Crippen molar-refractivity contribution in [1.29, 1.82) is 0 Å². The van der Waals surface area contributed by atoms with Gasteiger partial charge in [-0.2, -0.15) is 0 Å². The van der Waals surface area contributed by atoms with Crippen LogP contribution in [0.5, 0.6) is 17.4 Å². The Labute approximate surface area is 145 Å². The molecule has 1 amide bonds. The van der Waals surface area contributed by atoms with E-state index in [0.29, 0.717) is 43.7 Å². The van der Waals surface area contributed by atoms with Crippen molar-refractivity contribution in [3.8, 4) is 17.4 Å². The van der Waals surface area contributed by atoms with E-state index in [1.165, 1.54) is 10.5 Å². The monoisotopic (exact) mass is 344 g/mol. The molecule has 1 N–H and O–H groups in total. The van der Waals surface area contributed by atoms with Gasteiger partial charge in [-0.05, 0) is 35.7 Å². The van der Waals surface area contributed by atoms with E-state index >= 15 is 0 Å². The zero-order chi connectivity index (χ0) is 17.6. The average Bonchev–Trinajstić information content (AvgIpc) is 2.65. The highest BCUT2D eigenvalue weighted by Crippen LogP contribution is 2.24. The fourth-order valence-electron chi connectivity index (χ4n) is 2.67. The average molecular weight is 344 g/mol. The van der Waals surface area contributed by atoms with Crippen LogP contribution in [0.3, 0.4) is 0 Å². The summed E-state index contributed by atoms with van der Waals surface area (Å²) < 4.78 is 16.2. The highest BCUT2D eigenvalue weighted by molar-refractivity contribution is 5.65. The van der Waals surface area contributed by atoms with Crippen LogP contribution in [0.15, 0.2) is 36.5 Å². The van der Waals surface area contributed by atoms with Crippen molar-refractivity contribution in [3.63, 3.8) is 0 Å². The molecule has 0 fully saturated rings. The summed E-state index contributed by atoms with van der Waals surface area (Å²) in [5.41, 5.74) is 2.16. The Morgan fingerprint density at radius 1 is 1.16 bits per heavy atom. The zero-order valence-electron chi connectivity index (χ0n) is 14.0. The number of hydrogen-bond donors (Lipinski definition) is 1. The van der Waals surface area contributed by atoms with Gasteiger partial charge in [0.15, 0.2) is 0 Å². The molecule has 1 aliphatic rings. The smallest absolute Gasteiger partial charge is 0.407 e. The van der Waals surface area contributed by atoms with E-state index < -0.39 is 6.09 Å². The molecule has 0 radical (unpaired) electrons. The zero-order valence-corrected chi connectivity index (χ0v) is 14.0. The largest absolute Gasteiger partial charge is 0.495 e. The number of nitrogens with zero attached hydrogens (tertiary/aromatic N) is 2. The quantitative estimate of drug-likeness (QED) is 0.811. The number of benzene rings is 1. The fourth-order valence-corrected chi connectivity index (χ4v) is 2.67. The van der Waals surface area contributed by atoms with E-state index in [1.54, 1.807) is 25.4 Å². The van der Waals surface area contributed by atoms with E-state index in [9.17, 15) is 4.79 Å². The lowest BCUT2D eigenvalue weighted by atomic mass is 10.00. The highest BCUT2D eigenvalue weighted by atomic mass is 16.5. The van der Waals surface area contributed by atoms with Gasteiger partial charge in [0.25, 0.3) is 0 Å². The van der Waals surface area contributed by atoms with Gasteiger partial charge in [0.1, 0.15) is 24.7 Å². The van der Waals surface area contributed by atoms with Crippen molar-refractivity contribution >= 4 is 6.09 Å². The molecule has 0 unspecified atom stereocenters. The van der Waals surface area contributed by atoms with E-state index in [2.05, 4.69) is 4.98 Å². The van der Waals surface area contributed by atoms with Crippen molar-refractivity contribution in [1.82, 2.24) is 9.88 Å². The maximum Gasteiger partial charge on any atom is 0.407 e. The van der Waals surface area contributed by atoms with Crippen LogP contribution in [0.4, 0.5) is 4.79 Å². The Balaban J connectivity index is 1.50. The fraction of sp³-hybridized carbons (Fsp3) is 0.333. The third-order valence-corrected chi connectivity index (χ3v) is 4.01. The standard InChI is InChI=1S/C18H20N2O5/c1-23-16-4-5-17(19-11-16)25-9-8-24-15-3-2-13-6-7-20(18(21)22)12-14(13)10-15/h2-5,10-11H,6-9,12H2,1H3,(H,21,22). The van der Waals surface area contributed by atoms with Crippen LogP contribution >= 0.6 is 0 Å². The minimum atomic E-state index is -0.891. The molecule has 1 aromatic heterocycles. The molecule has 0 spiro atoms. The summed E-state index contributed by atoms with van der Waals surface area (Å²) in [4.78, 5) is 16.6. The first-order chi connectivity index (χ1) is 12.2. The van der Waals surface area contributed by atoms with Crippen LogP contribution in [0, 0.1) is 0 Å². The number of carbonyl (C=O) groups is 1. The molecule has 7 heteroatoms. The maximum absolute atomic E-state index is 11.1. The third kappa shape index (κ3) is 4.32. The van der Waals surface area contributed by atoms with Gasteiger partial charge in [0.05, 0.1) is 13.3 Å². The Kier molecular flexibility index (Phi) is 5.23. The molecule has 1 aliphatic heterocycles. The number of methoxy groups -OCH3 is 1. The lowest BCUT2D eigenvalue weighted by Gasteiger charge is -2.26. The molecule has 0 saturated heterocycles. The third-order valence-electron chi connectivity index (χ3n) is 4.01. The number of carboxylic acid groups (broad SMARTS) is 1. The Morgan fingerprint density at radius 3 is 2.68 bits per heavy atom. The van der Waals surface area contributed by atoms with Crippen molar-refractivity contribution in [2.24, 2.45) is 0 Å². The van der Waals surface area contributed by atoms with Crippen molar-refractivity contribution in [2.45, 2.75) is 13.0 Å². The van der Waals surface area contributed by atoms with Gasteiger partial charge in [-0.1, -0.05) is 6.07 Å². The van der Waals surface area contributed by atoms with Crippen LogP contribution in [-0.2, 0) is 13.0 Å². The topological polar surface area (TPSA) is 81.1 Å². The predicted molar refractivity (Wildman–Crippen MR) is 90.4 cm³/mol. The van der Waals surface area contributed by atoms with E-state index in [0.717, 1.165) is 12.0 Å². The highest BCUT2D eigenvalue weighted by Gasteiger charge is 2.20. The Morgan fingerprint density at radius 2 is 1.96 bits per heavy atom. The summed E-state index contributed by atoms with van der Waals surface area (Å²) in [7, 11) is 1.58. The predicted octanol–water partition coefficient (Wildman–Crippen LogP) is 2.58. The van der Waals surface area contributed by atoms with Gasteiger partial charge in [-0.3, -0.25) is 0 Å². The molecule has 7 nitrogen and oxygen atoms in total. The maximum atomic E-state index is 11.1. The van der Waals surface area contributed by atoms with Crippen LogP contribution in [0.2, 0.25) is 0 Å². The lowest BCUT2D eigenvalue weighted by molar-refractivity contribution is 0.140. The summed E-state index contributed by atoms with van der Waals surface area (Å²) >= 11 is 0. The summed E-state index contributed by atoms with van der Waals surface area (Å²) in [5.74, 6) is 1.89. The SMILES string of the molecule is COc1ccc(OCCOc2ccc3c(c2)CN(C(=O)O)CC3)nc1. The number of pyridine rings is 1. The van der Waals surface area contributed by atoms with Gasteiger partial charge in [-0.25, -0.2) is 9.78 Å². The summed E-state index contributed by atoms with van der Waals surface area (Å²) in [5, 5.41) is 9.11. The second kappa shape index (κ2) is 7.74. The van der Waals surface area contributed by atoms with Gasteiger partial charge < -0.3 is 24.2 Å². The first-order valence-electron chi connectivity index (χ1n) is 8.01. The molecule has 2 heterocycles. The molecule has 0 bridgehead atoms. The van der Waals surface area contributed by atoms with E-state index in [1.807, 2.05) is 18.2 Å². The van der Waals surface area contributed by atoms with Crippen LogP contribution in [-0.4, -0.2) is 48.0 Å². The van der Waals surface area contributed by atoms with E-state index in [-0.39, 0.29) is 0 Å². The van der Waals surface area contributed by atoms with Crippen LogP contribution in [0.1, 0.15) is 11.1 Å². The first kappa shape index (κ1) is 16.9. The van der Waals surface area contributed by atoms with Crippen molar-refractivity contribution in [3.05, 3.63) is 47.7 Å². The minimum Gasteiger partial charge on any atom is -0.495 e. The summed E-state index contributed by atoms with van der Waals surface area (Å²) in [6.45, 7) is 1.66. The summed E-state index contributed by atoms with van der Waals surface area (Å²) in [6.07, 6.45) is 1.43. The minimum absolute atomic E-state index is 0.359. The van der Waals surface area contributed by atoms with Gasteiger partial charge in [0.2, 0.25) is 5.88 Å². The molecular weight excluding hydrogens is 324 g/mol. The molecule has 132 valence electrons. The molecular formula is C18H20N2O5. The first-order valence-corrected chi connectivity index (χ1v) is 8.01. The van der Waals surface area contributed by atoms with Crippen molar-refractivity contribution in [2.75, 3.05) is 26.9 Å². The normalized spacial score (nSPS) is 13.1. The Bertz CT molecular complexity index is 733. The molecule has 3 rings (SSSR count). The summed E-state index contributed by atoms with van der Waals surface area (Å²) in [6, 6.07) is 9.31. The number of ether oxygens (including phenoxy) is 3. The number of rotatable bonds is 6. The second-order valence-corrected chi connectivity index (χ2v) is 5.62. The molecule has 0 saturated carbocycles. The number of hydrogen-bond acceptors (Lipinski definition) is 5. The van der Waals surface area contributed by atoms with Gasteiger partial charge >= 0.3 is 6.09 Å². The Hall–Kier alpha value is -2.96. The molecule has 0 aliphatic carbocycles. The molecule has 25 heavy (non-hydrogen) atoms. The van der Waals surface area contributed by atoms with Crippen LogP contribution in [0.25, 0.3) is 0 Å². The van der Waals surface area contributed by atoms with E-state index in [4.69, 9.17) is 19.3 Å². The van der Waals surface area contributed by atoms with Crippen LogP contribution < -0.4 is 14.2 Å². The molecule has 1 aromatic carbocycles. The van der Waals surface area contributed by atoms with Gasteiger partial charge in [0, 0.05) is 19.2 Å². The number of amides is 1. The van der Waals surface area contributed by atoms with Gasteiger partial charge in [-0.15, -0.1) is 0 Å². The van der Waals surface area contributed by atoms with Crippen molar-refractivity contribution < 1.29 is 24.1 Å².